The summed E-state index contributed by atoms with van der Waals surface area (Å²) in [6.45, 7) is 0. The molecule has 2 aliphatic rings. The molecule has 0 bridgehead atoms. The van der Waals surface area contributed by atoms with Crippen LogP contribution >= 0.6 is 0 Å². The van der Waals surface area contributed by atoms with E-state index in [1.807, 2.05) is 18.2 Å². The second kappa shape index (κ2) is 3.17. The number of hydrogen-bond donors (Lipinski definition) is 0. The van der Waals surface area contributed by atoms with Gasteiger partial charge in [0.1, 0.15) is 5.75 Å². The minimum absolute atomic E-state index is 0.186. The van der Waals surface area contributed by atoms with Crippen molar-refractivity contribution in [2.45, 2.75) is 6.42 Å². The summed E-state index contributed by atoms with van der Waals surface area (Å²) in [4.78, 5) is 22.8. The van der Waals surface area contributed by atoms with Crippen LogP contribution in [0.1, 0.15) is 5.56 Å². The summed E-state index contributed by atoms with van der Waals surface area (Å²) in [5, 5.41) is 0. The van der Waals surface area contributed by atoms with Crippen molar-refractivity contribution in [3.63, 3.8) is 0 Å². The molecule has 3 nitrogen and oxygen atoms in total. The van der Waals surface area contributed by atoms with Crippen LogP contribution in [0.25, 0.3) is 0 Å². The summed E-state index contributed by atoms with van der Waals surface area (Å²) >= 11 is 0. The van der Waals surface area contributed by atoms with Crippen LogP contribution in [-0.4, -0.2) is 11.6 Å². The van der Waals surface area contributed by atoms with E-state index in [1.165, 1.54) is 6.08 Å². The number of benzene rings is 1. The number of ketones is 2. The number of allylic oxidation sites excluding steroid dienone is 4. The van der Waals surface area contributed by atoms with Crippen molar-refractivity contribution in [3.05, 3.63) is 53.3 Å². The molecule has 0 fully saturated rings. The maximum absolute atomic E-state index is 11.6. The molecule has 0 saturated heterocycles. The molecular formula is C13H8O3. The Morgan fingerprint density at radius 2 is 1.88 bits per heavy atom. The highest BCUT2D eigenvalue weighted by atomic mass is 16.5. The second-order valence-electron chi connectivity index (χ2n) is 3.77. The van der Waals surface area contributed by atoms with E-state index in [0.29, 0.717) is 12.2 Å². The maximum Gasteiger partial charge on any atom is 0.268 e. The Morgan fingerprint density at radius 3 is 2.75 bits per heavy atom. The summed E-state index contributed by atoms with van der Waals surface area (Å²) in [5.74, 6) is -0.214. The van der Waals surface area contributed by atoms with Crippen LogP contribution in [0.2, 0.25) is 0 Å². The van der Waals surface area contributed by atoms with E-state index < -0.39 is 11.6 Å². The fourth-order valence-corrected chi connectivity index (χ4v) is 1.90. The predicted molar refractivity (Wildman–Crippen MR) is 57.0 cm³/mol. The predicted octanol–water partition coefficient (Wildman–Crippen LogP) is 1.58. The number of para-hydroxylation sites is 1. The van der Waals surface area contributed by atoms with E-state index in [-0.39, 0.29) is 5.76 Å². The fourth-order valence-electron chi connectivity index (χ4n) is 1.90. The molecule has 1 aliphatic carbocycles. The Labute approximate surface area is 92.0 Å². The van der Waals surface area contributed by atoms with Crippen molar-refractivity contribution in [2.75, 3.05) is 0 Å². The Morgan fingerprint density at radius 1 is 1.06 bits per heavy atom. The third-order valence-electron chi connectivity index (χ3n) is 2.72. The van der Waals surface area contributed by atoms with Crippen LogP contribution in [0.5, 0.6) is 5.75 Å². The highest BCUT2D eigenvalue weighted by Gasteiger charge is 2.29. The summed E-state index contributed by atoms with van der Waals surface area (Å²) in [7, 11) is 0. The van der Waals surface area contributed by atoms with Gasteiger partial charge in [0.25, 0.3) is 5.78 Å². The summed E-state index contributed by atoms with van der Waals surface area (Å²) in [5.41, 5.74) is 1.82. The molecule has 0 N–H and O–H groups in total. The number of ether oxygens (including phenoxy) is 1. The molecule has 1 heterocycles. The van der Waals surface area contributed by atoms with Crippen molar-refractivity contribution >= 4 is 11.6 Å². The van der Waals surface area contributed by atoms with Crippen molar-refractivity contribution in [1.29, 1.82) is 0 Å². The molecule has 0 spiro atoms. The molecule has 1 aromatic rings. The lowest BCUT2D eigenvalue weighted by atomic mass is 9.94. The first-order chi connectivity index (χ1) is 7.75. The first-order valence-electron chi connectivity index (χ1n) is 5.01. The SMILES string of the molecule is O=C1C=CC2=C(Oc3ccccc3C2)C1=O. The molecule has 3 heteroatoms. The van der Waals surface area contributed by atoms with Crippen molar-refractivity contribution in [3.8, 4) is 5.75 Å². The zero-order chi connectivity index (χ0) is 11.1. The molecule has 0 unspecified atom stereocenters. The van der Waals surface area contributed by atoms with Crippen molar-refractivity contribution in [1.82, 2.24) is 0 Å². The van der Waals surface area contributed by atoms with Gasteiger partial charge in [0, 0.05) is 12.0 Å². The summed E-state index contributed by atoms with van der Waals surface area (Å²) < 4.78 is 5.48. The minimum Gasteiger partial charge on any atom is -0.452 e. The molecule has 16 heavy (non-hydrogen) atoms. The van der Waals surface area contributed by atoms with Crippen LogP contribution in [0.15, 0.2) is 47.7 Å². The molecule has 0 aromatic heterocycles. The van der Waals surface area contributed by atoms with Crippen LogP contribution in [0.3, 0.4) is 0 Å². The first-order valence-corrected chi connectivity index (χ1v) is 5.01. The van der Waals surface area contributed by atoms with Gasteiger partial charge in [-0.25, -0.2) is 0 Å². The van der Waals surface area contributed by atoms with Crippen LogP contribution in [-0.2, 0) is 16.0 Å². The minimum atomic E-state index is -0.549. The van der Waals surface area contributed by atoms with Crippen molar-refractivity contribution < 1.29 is 14.3 Å². The van der Waals surface area contributed by atoms with Crippen LogP contribution in [0, 0.1) is 0 Å². The Balaban J connectivity index is 2.09. The van der Waals surface area contributed by atoms with Gasteiger partial charge in [-0.1, -0.05) is 24.3 Å². The van der Waals surface area contributed by atoms with Crippen molar-refractivity contribution in [2.24, 2.45) is 0 Å². The van der Waals surface area contributed by atoms with Gasteiger partial charge in [0.05, 0.1) is 0 Å². The standard InChI is InChI=1S/C13H8O3/c14-10-6-5-9-7-8-3-1-2-4-11(8)16-13(9)12(10)15/h1-6H,7H2. The lowest BCUT2D eigenvalue weighted by Crippen LogP contribution is -2.25. The van der Waals surface area contributed by atoms with E-state index in [2.05, 4.69) is 0 Å². The molecule has 0 amide bonds. The van der Waals surface area contributed by atoms with Gasteiger partial charge in [0.2, 0.25) is 5.78 Å². The van der Waals surface area contributed by atoms with Gasteiger partial charge in [-0.05, 0) is 17.7 Å². The zero-order valence-electron chi connectivity index (χ0n) is 8.40. The van der Waals surface area contributed by atoms with Crippen LogP contribution < -0.4 is 4.74 Å². The first kappa shape index (κ1) is 9.09. The van der Waals surface area contributed by atoms with E-state index >= 15 is 0 Å². The molecule has 78 valence electrons. The normalized spacial score (nSPS) is 18.0. The quantitative estimate of drug-likeness (QED) is 0.484. The number of carbonyl (C=O) groups is 2. The lowest BCUT2D eigenvalue weighted by Gasteiger charge is -2.22. The number of fused-ring (bicyclic) bond motifs is 1. The van der Waals surface area contributed by atoms with Gasteiger partial charge < -0.3 is 4.74 Å². The number of rotatable bonds is 0. The highest BCUT2D eigenvalue weighted by Crippen LogP contribution is 2.32. The smallest absolute Gasteiger partial charge is 0.268 e. The van der Waals surface area contributed by atoms with Gasteiger partial charge in [0.15, 0.2) is 5.76 Å². The Bertz CT molecular complexity index is 564. The van der Waals surface area contributed by atoms with E-state index in [0.717, 1.165) is 11.1 Å². The molecule has 0 radical (unpaired) electrons. The molecule has 0 saturated carbocycles. The summed E-state index contributed by atoms with van der Waals surface area (Å²) in [6.07, 6.45) is 3.61. The number of carbonyl (C=O) groups excluding carboxylic acids is 2. The zero-order valence-corrected chi connectivity index (χ0v) is 8.40. The molecule has 0 atom stereocenters. The number of Topliss-reactive ketones (excluding diaryl/α,β-unsaturated/α-hetero) is 1. The topological polar surface area (TPSA) is 43.4 Å². The van der Waals surface area contributed by atoms with Gasteiger partial charge in [-0.15, -0.1) is 0 Å². The molecule has 3 rings (SSSR count). The molecule has 1 aromatic carbocycles. The maximum atomic E-state index is 11.6. The van der Waals surface area contributed by atoms with Gasteiger partial charge >= 0.3 is 0 Å². The fraction of sp³-hybridized carbons (Fsp3) is 0.0769. The molecular weight excluding hydrogens is 204 g/mol. The largest absolute Gasteiger partial charge is 0.452 e. The average molecular weight is 212 g/mol. The van der Waals surface area contributed by atoms with E-state index in [4.69, 9.17) is 4.74 Å². The van der Waals surface area contributed by atoms with E-state index in [9.17, 15) is 9.59 Å². The average Bonchev–Trinajstić information content (AvgIpc) is 2.32. The lowest BCUT2D eigenvalue weighted by molar-refractivity contribution is -0.133. The highest BCUT2D eigenvalue weighted by molar-refractivity contribution is 6.48. The third-order valence-corrected chi connectivity index (χ3v) is 2.72. The van der Waals surface area contributed by atoms with Gasteiger partial charge in [-0.3, -0.25) is 9.59 Å². The van der Waals surface area contributed by atoms with E-state index in [1.54, 1.807) is 12.1 Å². The van der Waals surface area contributed by atoms with Gasteiger partial charge in [-0.2, -0.15) is 0 Å². The number of hydrogen-bond acceptors (Lipinski definition) is 3. The monoisotopic (exact) mass is 212 g/mol. The molecule has 1 aliphatic heterocycles. The second-order valence-corrected chi connectivity index (χ2v) is 3.77. The Kier molecular flexibility index (Phi) is 1.80. The summed E-state index contributed by atoms with van der Waals surface area (Å²) in [6, 6.07) is 7.52. The third kappa shape index (κ3) is 1.21. The Hall–Kier alpha value is -2.16. The van der Waals surface area contributed by atoms with Crippen LogP contribution in [0.4, 0.5) is 0 Å².